The molecule has 2 aromatic heterocycles. The number of rotatable bonds is 7. The Balaban J connectivity index is 1.50. The van der Waals surface area contributed by atoms with Crippen molar-refractivity contribution in [2.45, 2.75) is 32.4 Å². The first-order chi connectivity index (χ1) is 16.6. The fourth-order valence-corrected chi connectivity index (χ4v) is 4.77. The third-order valence-electron chi connectivity index (χ3n) is 6.29. The molecular formula is C25H25Cl2FN6. The number of aromatic nitrogens is 4. The minimum atomic E-state index is -0.479. The summed E-state index contributed by atoms with van der Waals surface area (Å²) < 4.78 is 17.0. The zero-order chi connectivity index (χ0) is 23.5. The SMILES string of the molecule is Fc1c(Cl)cccc1-c1nc2cnc(NCc3ccccc3Cl)nc2n1CCC1CCNCC1. The third kappa shape index (κ3) is 4.87. The van der Waals surface area contributed by atoms with E-state index in [9.17, 15) is 4.39 Å². The molecule has 4 aromatic rings. The molecule has 0 amide bonds. The molecule has 1 aliphatic rings. The molecule has 0 spiro atoms. The molecule has 2 N–H and O–H groups in total. The van der Waals surface area contributed by atoms with Crippen LogP contribution in [0, 0.1) is 11.7 Å². The van der Waals surface area contributed by atoms with E-state index >= 15 is 0 Å². The molecule has 2 aromatic carbocycles. The van der Waals surface area contributed by atoms with Gasteiger partial charge in [0.15, 0.2) is 11.5 Å². The van der Waals surface area contributed by atoms with E-state index in [0.717, 1.165) is 37.9 Å². The van der Waals surface area contributed by atoms with Gasteiger partial charge in [0.1, 0.15) is 11.3 Å². The molecule has 0 unspecified atom stereocenters. The number of nitrogens with zero attached hydrogens (tertiary/aromatic N) is 4. The van der Waals surface area contributed by atoms with Gasteiger partial charge in [0.2, 0.25) is 5.95 Å². The predicted molar refractivity (Wildman–Crippen MR) is 135 cm³/mol. The van der Waals surface area contributed by atoms with Crippen LogP contribution in [-0.4, -0.2) is 32.6 Å². The van der Waals surface area contributed by atoms with Gasteiger partial charge in [-0.25, -0.2) is 14.4 Å². The maximum absolute atomic E-state index is 15.0. The van der Waals surface area contributed by atoms with Crippen molar-refractivity contribution < 1.29 is 4.39 Å². The summed E-state index contributed by atoms with van der Waals surface area (Å²) in [6.45, 7) is 3.24. The van der Waals surface area contributed by atoms with Crippen LogP contribution in [0.15, 0.2) is 48.7 Å². The van der Waals surface area contributed by atoms with Gasteiger partial charge in [0.05, 0.1) is 16.8 Å². The van der Waals surface area contributed by atoms with E-state index < -0.39 is 5.82 Å². The van der Waals surface area contributed by atoms with Gasteiger partial charge >= 0.3 is 0 Å². The van der Waals surface area contributed by atoms with Gasteiger partial charge in [0, 0.05) is 18.1 Å². The number of aryl methyl sites for hydroxylation is 1. The second-order valence-electron chi connectivity index (χ2n) is 8.52. The van der Waals surface area contributed by atoms with Crippen LogP contribution in [0.3, 0.4) is 0 Å². The predicted octanol–water partition coefficient (Wildman–Crippen LogP) is 5.94. The Labute approximate surface area is 207 Å². The zero-order valence-corrected chi connectivity index (χ0v) is 20.1. The summed E-state index contributed by atoms with van der Waals surface area (Å²) in [5, 5.41) is 7.40. The molecule has 1 saturated heterocycles. The van der Waals surface area contributed by atoms with E-state index in [2.05, 4.69) is 15.6 Å². The van der Waals surface area contributed by atoms with Gasteiger partial charge in [-0.15, -0.1) is 0 Å². The maximum Gasteiger partial charge on any atom is 0.225 e. The van der Waals surface area contributed by atoms with Crippen LogP contribution < -0.4 is 10.6 Å². The summed E-state index contributed by atoms with van der Waals surface area (Å²) in [5.41, 5.74) is 2.60. The highest BCUT2D eigenvalue weighted by Crippen LogP contribution is 2.31. The number of anilines is 1. The summed E-state index contributed by atoms with van der Waals surface area (Å²) in [7, 11) is 0. The van der Waals surface area contributed by atoms with Crippen molar-refractivity contribution in [2.24, 2.45) is 5.92 Å². The highest BCUT2D eigenvalue weighted by atomic mass is 35.5. The quantitative estimate of drug-likeness (QED) is 0.330. The molecular weight excluding hydrogens is 474 g/mol. The largest absolute Gasteiger partial charge is 0.350 e. The van der Waals surface area contributed by atoms with Crippen LogP contribution in [0.25, 0.3) is 22.6 Å². The molecule has 1 fully saturated rings. The van der Waals surface area contributed by atoms with Gasteiger partial charge in [0.25, 0.3) is 0 Å². The lowest BCUT2D eigenvalue weighted by Gasteiger charge is -2.23. The molecule has 0 radical (unpaired) electrons. The van der Waals surface area contributed by atoms with E-state index in [-0.39, 0.29) is 5.02 Å². The Morgan fingerprint density at radius 2 is 1.82 bits per heavy atom. The number of halogens is 3. The minimum Gasteiger partial charge on any atom is -0.350 e. The van der Waals surface area contributed by atoms with E-state index in [1.807, 2.05) is 28.8 Å². The Morgan fingerprint density at radius 1 is 1.03 bits per heavy atom. The molecule has 0 atom stereocenters. The number of piperidine rings is 1. The van der Waals surface area contributed by atoms with Gasteiger partial charge in [-0.3, -0.25) is 0 Å². The highest BCUT2D eigenvalue weighted by Gasteiger charge is 2.21. The van der Waals surface area contributed by atoms with E-state index in [4.69, 9.17) is 33.2 Å². The zero-order valence-electron chi connectivity index (χ0n) is 18.6. The van der Waals surface area contributed by atoms with Crippen molar-refractivity contribution in [1.29, 1.82) is 0 Å². The van der Waals surface area contributed by atoms with Crippen molar-refractivity contribution in [1.82, 2.24) is 24.8 Å². The number of hydrogen-bond donors (Lipinski definition) is 2. The van der Waals surface area contributed by atoms with Gasteiger partial charge in [-0.1, -0.05) is 47.5 Å². The van der Waals surface area contributed by atoms with E-state index in [0.29, 0.717) is 52.5 Å². The lowest BCUT2D eigenvalue weighted by Crippen LogP contribution is -2.28. The lowest BCUT2D eigenvalue weighted by molar-refractivity contribution is 0.339. The van der Waals surface area contributed by atoms with Crippen molar-refractivity contribution in [3.05, 3.63) is 70.1 Å². The monoisotopic (exact) mass is 498 g/mol. The molecule has 1 aliphatic heterocycles. The Kier molecular flexibility index (Phi) is 6.94. The standard InChI is InChI=1S/C25H25Cl2FN6/c26-19-6-2-1-4-17(19)14-30-25-31-15-21-24(33-25)34(13-10-16-8-11-29-12-9-16)23(32-21)18-5-3-7-20(27)22(18)28/h1-7,15-16,29H,8-14H2,(H,30,31,33). The molecule has 9 heteroatoms. The van der Waals surface area contributed by atoms with Crippen molar-refractivity contribution in [3.63, 3.8) is 0 Å². The fraction of sp³-hybridized carbons (Fsp3) is 0.320. The van der Waals surface area contributed by atoms with Crippen LogP contribution in [-0.2, 0) is 13.1 Å². The van der Waals surface area contributed by atoms with Crippen molar-refractivity contribution >= 4 is 40.3 Å². The molecule has 6 nitrogen and oxygen atoms in total. The average molecular weight is 499 g/mol. The van der Waals surface area contributed by atoms with Crippen LogP contribution in [0.5, 0.6) is 0 Å². The van der Waals surface area contributed by atoms with Crippen LogP contribution in [0.4, 0.5) is 10.3 Å². The summed E-state index contributed by atoms with van der Waals surface area (Å²) in [6.07, 6.45) is 4.90. The summed E-state index contributed by atoms with van der Waals surface area (Å²) in [4.78, 5) is 13.9. The first-order valence-corrected chi connectivity index (χ1v) is 12.2. The lowest BCUT2D eigenvalue weighted by atomic mass is 9.95. The minimum absolute atomic E-state index is 0.0719. The highest BCUT2D eigenvalue weighted by molar-refractivity contribution is 6.31. The Hall–Kier alpha value is -2.74. The molecule has 0 bridgehead atoms. The Morgan fingerprint density at radius 3 is 2.65 bits per heavy atom. The number of nitrogens with one attached hydrogen (secondary N) is 2. The second kappa shape index (κ2) is 10.3. The molecule has 0 saturated carbocycles. The second-order valence-corrected chi connectivity index (χ2v) is 9.33. The summed E-state index contributed by atoms with van der Waals surface area (Å²) in [6, 6.07) is 12.6. The number of benzene rings is 2. The van der Waals surface area contributed by atoms with E-state index in [1.54, 1.807) is 24.4 Å². The molecule has 176 valence electrons. The first kappa shape index (κ1) is 23.0. The number of fused-ring (bicyclic) bond motifs is 1. The van der Waals surface area contributed by atoms with Crippen molar-refractivity contribution in [2.75, 3.05) is 18.4 Å². The molecule has 0 aliphatic carbocycles. The Bertz CT molecular complexity index is 1300. The maximum atomic E-state index is 15.0. The summed E-state index contributed by atoms with van der Waals surface area (Å²) >= 11 is 12.4. The fourth-order valence-electron chi connectivity index (χ4n) is 4.40. The van der Waals surface area contributed by atoms with Crippen LogP contribution >= 0.6 is 23.2 Å². The average Bonchev–Trinajstić information content (AvgIpc) is 3.22. The number of imidazole rings is 1. The first-order valence-electron chi connectivity index (χ1n) is 11.5. The van der Waals surface area contributed by atoms with Crippen LogP contribution in [0.1, 0.15) is 24.8 Å². The van der Waals surface area contributed by atoms with E-state index in [1.165, 1.54) is 0 Å². The topological polar surface area (TPSA) is 67.7 Å². The summed E-state index contributed by atoms with van der Waals surface area (Å²) in [5.74, 6) is 1.11. The van der Waals surface area contributed by atoms with Gasteiger partial charge in [-0.2, -0.15) is 4.98 Å². The smallest absolute Gasteiger partial charge is 0.225 e. The van der Waals surface area contributed by atoms with Crippen LogP contribution in [0.2, 0.25) is 10.0 Å². The van der Waals surface area contributed by atoms with Gasteiger partial charge in [-0.05, 0) is 62.0 Å². The van der Waals surface area contributed by atoms with Crippen molar-refractivity contribution in [3.8, 4) is 11.4 Å². The third-order valence-corrected chi connectivity index (χ3v) is 6.96. The number of hydrogen-bond acceptors (Lipinski definition) is 5. The van der Waals surface area contributed by atoms with Gasteiger partial charge < -0.3 is 15.2 Å². The molecule has 34 heavy (non-hydrogen) atoms. The molecule has 5 rings (SSSR count). The normalized spacial score (nSPS) is 14.6. The molecule has 3 heterocycles.